The SMILES string of the molecule is C[C@]1(O)CC[C@@H]1NCc1cccc(Br)c1. The van der Waals surface area contributed by atoms with E-state index in [2.05, 4.69) is 33.4 Å². The molecule has 1 aromatic rings. The number of benzene rings is 1. The van der Waals surface area contributed by atoms with Gasteiger partial charge in [-0.1, -0.05) is 28.1 Å². The van der Waals surface area contributed by atoms with Crippen LogP contribution in [-0.2, 0) is 6.54 Å². The van der Waals surface area contributed by atoms with Gasteiger partial charge in [-0.25, -0.2) is 0 Å². The number of rotatable bonds is 3. The second-order valence-electron chi connectivity index (χ2n) is 4.46. The van der Waals surface area contributed by atoms with Gasteiger partial charge < -0.3 is 10.4 Å². The highest BCUT2D eigenvalue weighted by molar-refractivity contribution is 9.10. The number of nitrogens with one attached hydrogen (secondary N) is 1. The number of hydrogen-bond acceptors (Lipinski definition) is 2. The summed E-state index contributed by atoms with van der Waals surface area (Å²) < 4.78 is 1.10. The zero-order chi connectivity index (χ0) is 10.9. The molecule has 3 heteroatoms. The van der Waals surface area contributed by atoms with E-state index in [-0.39, 0.29) is 6.04 Å². The molecule has 2 N–H and O–H groups in total. The maximum absolute atomic E-state index is 9.83. The lowest BCUT2D eigenvalue weighted by atomic mass is 9.76. The molecule has 0 saturated heterocycles. The minimum Gasteiger partial charge on any atom is -0.389 e. The summed E-state index contributed by atoms with van der Waals surface area (Å²) in [5.41, 5.74) is 0.735. The van der Waals surface area contributed by atoms with Crippen LogP contribution in [0.5, 0.6) is 0 Å². The Kier molecular flexibility index (Phi) is 3.14. The van der Waals surface area contributed by atoms with E-state index >= 15 is 0 Å². The summed E-state index contributed by atoms with van der Waals surface area (Å²) in [6.45, 7) is 2.72. The average molecular weight is 270 g/mol. The van der Waals surface area contributed by atoms with Gasteiger partial charge in [-0.2, -0.15) is 0 Å². The number of aliphatic hydroxyl groups is 1. The molecule has 1 aliphatic carbocycles. The van der Waals surface area contributed by atoms with Crippen molar-refractivity contribution < 1.29 is 5.11 Å². The van der Waals surface area contributed by atoms with Crippen LogP contribution in [0.4, 0.5) is 0 Å². The number of halogens is 1. The van der Waals surface area contributed by atoms with Gasteiger partial charge in [-0.3, -0.25) is 0 Å². The van der Waals surface area contributed by atoms with E-state index in [1.807, 2.05) is 19.1 Å². The van der Waals surface area contributed by atoms with Crippen molar-refractivity contribution in [3.05, 3.63) is 34.3 Å². The van der Waals surface area contributed by atoms with E-state index in [4.69, 9.17) is 0 Å². The molecule has 0 heterocycles. The van der Waals surface area contributed by atoms with Crippen LogP contribution >= 0.6 is 15.9 Å². The first-order valence-corrected chi connectivity index (χ1v) is 6.07. The van der Waals surface area contributed by atoms with Crippen molar-refractivity contribution in [2.75, 3.05) is 0 Å². The second kappa shape index (κ2) is 4.24. The van der Waals surface area contributed by atoms with Crippen LogP contribution < -0.4 is 5.32 Å². The van der Waals surface area contributed by atoms with Gasteiger partial charge in [0.1, 0.15) is 0 Å². The summed E-state index contributed by atoms with van der Waals surface area (Å²) in [6, 6.07) is 8.48. The zero-order valence-electron chi connectivity index (χ0n) is 8.83. The van der Waals surface area contributed by atoms with Crippen molar-refractivity contribution in [3.8, 4) is 0 Å². The van der Waals surface area contributed by atoms with Gasteiger partial charge in [0.25, 0.3) is 0 Å². The Labute approximate surface area is 98.8 Å². The Morgan fingerprint density at radius 3 is 2.93 bits per heavy atom. The minimum absolute atomic E-state index is 0.247. The summed E-state index contributed by atoms with van der Waals surface area (Å²) in [5, 5.41) is 13.2. The van der Waals surface area contributed by atoms with Crippen LogP contribution in [0, 0.1) is 0 Å². The second-order valence-corrected chi connectivity index (χ2v) is 5.37. The third kappa shape index (κ3) is 2.60. The summed E-state index contributed by atoms with van der Waals surface area (Å²) >= 11 is 3.45. The van der Waals surface area contributed by atoms with Gasteiger partial charge in [0.05, 0.1) is 5.60 Å². The fourth-order valence-corrected chi connectivity index (χ4v) is 2.36. The Bertz CT molecular complexity index is 351. The first-order chi connectivity index (χ1) is 7.08. The zero-order valence-corrected chi connectivity index (χ0v) is 10.4. The molecule has 15 heavy (non-hydrogen) atoms. The van der Waals surface area contributed by atoms with E-state index < -0.39 is 5.60 Å². The summed E-state index contributed by atoms with van der Waals surface area (Å²) in [7, 11) is 0. The molecular formula is C12H16BrNO. The molecule has 0 unspecified atom stereocenters. The van der Waals surface area contributed by atoms with Crippen molar-refractivity contribution >= 4 is 15.9 Å². The molecule has 0 amide bonds. The van der Waals surface area contributed by atoms with Gasteiger partial charge in [0.15, 0.2) is 0 Å². The molecule has 1 aliphatic rings. The molecule has 1 fully saturated rings. The predicted octanol–water partition coefficient (Wildman–Crippen LogP) is 2.45. The highest BCUT2D eigenvalue weighted by Gasteiger charge is 2.40. The van der Waals surface area contributed by atoms with Crippen molar-refractivity contribution in [3.63, 3.8) is 0 Å². The molecule has 1 saturated carbocycles. The van der Waals surface area contributed by atoms with Crippen molar-refractivity contribution in [2.24, 2.45) is 0 Å². The largest absolute Gasteiger partial charge is 0.389 e. The Morgan fingerprint density at radius 2 is 2.40 bits per heavy atom. The summed E-state index contributed by atoms with van der Waals surface area (Å²) in [4.78, 5) is 0. The summed E-state index contributed by atoms with van der Waals surface area (Å²) in [6.07, 6.45) is 1.98. The van der Waals surface area contributed by atoms with Crippen LogP contribution in [0.2, 0.25) is 0 Å². The maximum Gasteiger partial charge on any atom is 0.0772 e. The van der Waals surface area contributed by atoms with Crippen molar-refractivity contribution in [2.45, 2.75) is 38.0 Å². The standard InChI is InChI=1S/C12H16BrNO/c1-12(15)6-5-11(12)14-8-9-3-2-4-10(13)7-9/h2-4,7,11,14-15H,5-6,8H2,1H3/t11-,12-/m0/s1. The number of hydrogen-bond donors (Lipinski definition) is 2. The van der Waals surface area contributed by atoms with Gasteiger partial charge in [0.2, 0.25) is 0 Å². The lowest BCUT2D eigenvalue weighted by Crippen LogP contribution is -2.56. The Hall–Kier alpha value is -0.380. The molecule has 0 radical (unpaired) electrons. The molecule has 1 aromatic carbocycles. The molecule has 0 bridgehead atoms. The lowest BCUT2D eigenvalue weighted by Gasteiger charge is -2.43. The molecule has 2 nitrogen and oxygen atoms in total. The van der Waals surface area contributed by atoms with Crippen LogP contribution in [-0.4, -0.2) is 16.7 Å². The average Bonchev–Trinajstić information content (AvgIpc) is 2.16. The van der Waals surface area contributed by atoms with Gasteiger partial charge in [0, 0.05) is 17.1 Å². The summed E-state index contributed by atoms with van der Waals surface area (Å²) in [5.74, 6) is 0. The van der Waals surface area contributed by atoms with Gasteiger partial charge >= 0.3 is 0 Å². The van der Waals surface area contributed by atoms with Crippen LogP contribution in [0.3, 0.4) is 0 Å². The molecule has 2 atom stereocenters. The molecule has 0 aromatic heterocycles. The van der Waals surface area contributed by atoms with Gasteiger partial charge in [-0.15, -0.1) is 0 Å². The minimum atomic E-state index is -0.508. The third-order valence-corrected chi connectivity index (χ3v) is 3.62. The van der Waals surface area contributed by atoms with Crippen LogP contribution in [0.15, 0.2) is 28.7 Å². The smallest absolute Gasteiger partial charge is 0.0772 e. The van der Waals surface area contributed by atoms with Crippen molar-refractivity contribution in [1.29, 1.82) is 0 Å². The monoisotopic (exact) mass is 269 g/mol. The molecular weight excluding hydrogens is 254 g/mol. The van der Waals surface area contributed by atoms with E-state index in [0.717, 1.165) is 23.9 Å². The maximum atomic E-state index is 9.83. The van der Waals surface area contributed by atoms with E-state index in [1.54, 1.807) is 0 Å². The molecule has 0 aliphatic heterocycles. The first-order valence-electron chi connectivity index (χ1n) is 5.28. The van der Waals surface area contributed by atoms with Crippen LogP contribution in [0.1, 0.15) is 25.3 Å². The topological polar surface area (TPSA) is 32.3 Å². The van der Waals surface area contributed by atoms with E-state index in [9.17, 15) is 5.11 Å². The quantitative estimate of drug-likeness (QED) is 0.884. The highest BCUT2D eigenvalue weighted by Crippen LogP contribution is 2.31. The fraction of sp³-hybridized carbons (Fsp3) is 0.500. The van der Waals surface area contributed by atoms with Gasteiger partial charge in [-0.05, 0) is 37.5 Å². The molecule has 82 valence electrons. The normalized spacial score (nSPS) is 29.9. The van der Waals surface area contributed by atoms with Crippen LogP contribution in [0.25, 0.3) is 0 Å². The van der Waals surface area contributed by atoms with Crippen molar-refractivity contribution in [1.82, 2.24) is 5.32 Å². The first kappa shape index (κ1) is 11.1. The third-order valence-electron chi connectivity index (χ3n) is 3.13. The molecule has 2 rings (SSSR count). The Balaban J connectivity index is 1.88. The molecule has 0 spiro atoms. The Morgan fingerprint density at radius 1 is 1.60 bits per heavy atom. The van der Waals surface area contributed by atoms with E-state index in [1.165, 1.54) is 5.56 Å². The van der Waals surface area contributed by atoms with E-state index in [0.29, 0.717) is 0 Å². The predicted molar refractivity (Wildman–Crippen MR) is 64.6 cm³/mol. The fourth-order valence-electron chi connectivity index (χ4n) is 1.92. The highest BCUT2D eigenvalue weighted by atomic mass is 79.9. The lowest BCUT2D eigenvalue weighted by molar-refractivity contribution is -0.0523.